The number of nitrogen functional groups attached to an aromatic ring is 1. The summed E-state index contributed by atoms with van der Waals surface area (Å²) in [6, 6.07) is 16.0. The van der Waals surface area contributed by atoms with E-state index in [1.54, 1.807) is 11.8 Å². The maximum Gasteiger partial charge on any atom is 0.100 e. The van der Waals surface area contributed by atoms with Crippen LogP contribution in [0.2, 0.25) is 0 Å². The molecule has 0 saturated carbocycles. The SMILES string of the molecule is CCc1ccc(Sc2ccc(N)cc2)c(C#N)c1. The van der Waals surface area contributed by atoms with E-state index in [0.717, 1.165) is 27.5 Å². The average molecular weight is 254 g/mol. The molecule has 2 rings (SSSR count). The van der Waals surface area contributed by atoms with Crippen molar-refractivity contribution < 1.29 is 0 Å². The molecule has 0 heterocycles. The van der Waals surface area contributed by atoms with Crippen LogP contribution in [0.4, 0.5) is 5.69 Å². The van der Waals surface area contributed by atoms with Crippen molar-refractivity contribution in [1.29, 1.82) is 5.26 Å². The van der Waals surface area contributed by atoms with E-state index < -0.39 is 0 Å². The fourth-order valence-electron chi connectivity index (χ4n) is 1.64. The molecule has 18 heavy (non-hydrogen) atoms. The van der Waals surface area contributed by atoms with E-state index in [4.69, 9.17) is 5.73 Å². The van der Waals surface area contributed by atoms with Gasteiger partial charge in [0, 0.05) is 15.5 Å². The summed E-state index contributed by atoms with van der Waals surface area (Å²) in [5, 5.41) is 9.18. The van der Waals surface area contributed by atoms with Crippen molar-refractivity contribution >= 4 is 17.4 Å². The molecule has 0 atom stereocenters. The fraction of sp³-hybridized carbons (Fsp3) is 0.133. The molecule has 0 saturated heterocycles. The van der Waals surface area contributed by atoms with Gasteiger partial charge in [0.15, 0.2) is 0 Å². The molecule has 2 nitrogen and oxygen atoms in total. The lowest BCUT2D eigenvalue weighted by Gasteiger charge is -2.06. The van der Waals surface area contributed by atoms with Crippen LogP contribution in [0, 0.1) is 11.3 Å². The molecule has 2 aromatic rings. The Labute approximate surface area is 111 Å². The normalized spacial score (nSPS) is 10.0. The minimum absolute atomic E-state index is 0.733. The maximum atomic E-state index is 9.18. The number of nitrogens with two attached hydrogens (primary N) is 1. The lowest BCUT2D eigenvalue weighted by molar-refractivity contribution is 1.12. The molecule has 2 N–H and O–H groups in total. The van der Waals surface area contributed by atoms with Crippen molar-refractivity contribution in [3.05, 3.63) is 53.6 Å². The van der Waals surface area contributed by atoms with Gasteiger partial charge in [-0.05, 0) is 48.4 Å². The first-order valence-electron chi connectivity index (χ1n) is 5.79. The van der Waals surface area contributed by atoms with Crippen LogP contribution < -0.4 is 5.73 Å². The van der Waals surface area contributed by atoms with E-state index in [0.29, 0.717) is 0 Å². The van der Waals surface area contributed by atoms with Gasteiger partial charge in [-0.2, -0.15) is 5.26 Å². The van der Waals surface area contributed by atoms with Crippen molar-refractivity contribution in [2.45, 2.75) is 23.1 Å². The minimum atomic E-state index is 0.733. The van der Waals surface area contributed by atoms with Gasteiger partial charge in [-0.15, -0.1) is 0 Å². The third-order valence-corrected chi connectivity index (χ3v) is 3.76. The number of rotatable bonds is 3. The molecule has 2 aromatic carbocycles. The first-order valence-corrected chi connectivity index (χ1v) is 6.61. The van der Waals surface area contributed by atoms with Gasteiger partial charge in [0.25, 0.3) is 0 Å². The molecule has 90 valence electrons. The van der Waals surface area contributed by atoms with Gasteiger partial charge in [0.2, 0.25) is 0 Å². The summed E-state index contributed by atoms with van der Waals surface area (Å²) in [4.78, 5) is 2.07. The number of hydrogen-bond donors (Lipinski definition) is 1. The number of nitrogens with zero attached hydrogens (tertiary/aromatic N) is 1. The van der Waals surface area contributed by atoms with Crippen molar-refractivity contribution in [2.24, 2.45) is 0 Å². The molecule has 0 radical (unpaired) electrons. The van der Waals surface area contributed by atoms with Crippen LogP contribution in [-0.2, 0) is 6.42 Å². The van der Waals surface area contributed by atoms with Gasteiger partial charge in [0.1, 0.15) is 6.07 Å². The average Bonchev–Trinajstić information content (AvgIpc) is 2.41. The maximum absolute atomic E-state index is 9.18. The molecule has 0 amide bonds. The third kappa shape index (κ3) is 2.85. The molecule has 0 aliphatic carbocycles. The molecule has 0 spiro atoms. The molecular weight excluding hydrogens is 240 g/mol. The van der Waals surface area contributed by atoms with E-state index in [2.05, 4.69) is 19.1 Å². The molecule has 0 aliphatic heterocycles. The topological polar surface area (TPSA) is 49.8 Å². The predicted molar refractivity (Wildman–Crippen MR) is 75.5 cm³/mol. The zero-order chi connectivity index (χ0) is 13.0. The Bertz CT molecular complexity index is 582. The molecule has 0 fully saturated rings. The van der Waals surface area contributed by atoms with E-state index >= 15 is 0 Å². The van der Waals surface area contributed by atoms with Gasteiger partial charge in [0.05, 0.1) is 5.56 Å². The van der Waals surface area contributed by atoms with Crippen LogP contribution in [0.25, 0.3) is 0 Å². The molecule has 0 aromatic heterocycles. The zero-order valence-corrected chi connectivity index (χ0v) is 11.0. The van der Waals surface area contributed by atoms with E-state index in [-0.39, 0.29) is 0 Å². The summed E-state index contributed by atoms with van der Waals surface area (Å²) in [5.41, 5.74) is 8.32. The number of benzene rings is 2. The van der Waals surface area contributed by atoms with E-state index in [1.807, 2.05) is 36.4 Å². The highest BCUT2D eigenvalue weighted by Crippen LogP contribution is 2.31. The highest BCUT2D eigenvalue weighted by Gasteiger charge is 2.05. The largest absolute Gasteiger partial charge is 0.399 e. The Morgan fingerprint density at radius 3 is 2.50 bits per heavy atom. The van der Waals surface area contributed by atoms with Gasteiger partial charge in [-0.3, -0.25) is 0 Å². The first-order chi connectivity index (χ1) is 8.72. The molecular formula is C15H14N2S. The summed E-state index contributed by atoms with van der Waals surface area (Å²) >= 11 is 1.59. The number of nitriles is 1. The smallest absolute Gasteiger partial charge is 0.100 e. The quantitative estimate of drug-likeness (QED) is 0.846. The third-order valence-electron chi connectivity index (χ3n) is 2.68. The summed E-state index contributed by atoms with van der Waals surface area (Å²) in [5.74, 6) is 0. The highest BCUT2D eigenvalue weighted by molar-refractivity contribution is 7.99. The van der Waals surface area contributed by atoms with Crippen molar-refractivity contribution in [3.63, 3.8) is 0 Å². The van der Waals surface area contributed by atoms with Gasteiger partial charge < -0.3 is 5.73 Å². The number of hydrogen-bond acceptors (Lipinski definition) is 3. The Kier molecular flexibility index (Phi) is 3.91. The van der Waals surface area contributed by atoms with Crippen LogP contribution in [0.5, 0.6) is 0 Å². The van der Waals surface area contributed by atoms with Crippen molar-refractivity contribution in [2.75, 3.05) is 5.73 Å². The standard InChI is InChI=1S/C15H14N2S/c1-2-11-3-8-15(12(9-11)10-16)18-14-6-4-13(17)5-7-14/h3-9H,2,17H2,1H3. The Morgan fingerprint density at radius 1 is 1.17 bits per heavy atom. The summed E-state index contributed by atoms with van der Waals surface area (Å²) in [6.07, 6.45) is 0.946. The van der Waals surface area contributed by atoms with Crippen LogP contribution in [0.15, 0.2) is 52.3 Å². The van der Waals surface area contributed by atoms with Gasteiger partial charge in [-0.1, -0.05) is 24.8 Å². The van der Waals surface area contributed by atoms with Gasteiger partial charge >= 0.3 is 0 Å². The second-order valence-electron chi connectivity index (χ2n) is 3.97. The summed E-state index contributed by atoms with van der Waals surface area (Å²) < 4.78 is 0. The Morgan fingerprint density at radius 2 is 1.89 bits per heavy atom. The van der Waals surface area contributed by atoms with Crippen molar-refractivity contribution in [1.82, 2.24) is 0 Å². The van der Waals surface area contributed by atoms with Crippen LogP contribution in [0.3, 0.4) is 0 Å². The molecule has 3 heteroatoms. The lowest BCUT2D eigenvalue weighted by atomic mass is 10.1. The summed E-state index contributed by atoms with van der Waals surface area (Å²) in [7, 11) is 0. The predicted octanol–water partition coefficient (Wildman–Crippen LogP) is 3.85. The second-order valence-corrected chi connectivity index (χ2v) is 5.08. The molecule has 0 aliphatic rings. The first kappa shape index (κ1) is 12.5. The van der Waals surface area contributed by atoms with E-state index in [9.17, 15) is 5.26 Å². The van der Waals surface area contributed by atoms with Crippen molar-refractivity contribution in [3.8, 4) is 6.07 Å². The second kappa shape index (κ2) is 5.61. The van der Waals surface area contributed by atoms with Gasteiger partial charge in [-0.25, -0.2) is 0 Å². The fourth-order valence-corrected chi connectivity index (χ4v) is 2.51. The van der Waals surface area contributed by atoms with Crippen LogP contribution in [-0.4, -0.2) is 0 Å². The Hall–Kier alpha value is -1.92. The number of aryl methyl sites for hydroxylation is 1. The Balaban J connectivity index is 2.29. The van der Waals surface area contributed by atoms with Crippen LogP contribution >= 0.6 is 11.8 Å². The zero-order valence-electron chi connectivity index (χ0n) is 10.2. The molecule has 0 unspecified atom stereocenters. The minimum Gasteiger partial charge on any atom is -0.399 e. The highest BCUT2D eigenvalue weighted by atomic mass is 32.2. The molecule has 0 bridgehead atoms. The monoisotopic (exact) mass is 254 g/mol. The lowest BCUT2D eigenvalue weighted by Crippen LogP contribution is -1.87. The number of anilines is 1. The summed E-state index contributed by atoms with van der Waals surface area (Å²) in [6.45, 7) is 2.09. The van der Waals surface area contributed by atoms with Crippen LogP contribution in [0.1, 0.15) is 18.1 Å². The van der Waals surface area contributed by atoms with E-state index in [1.165, 1.54) is 5.56 Å².